The molecular weight excluding hydrogens is 475 g/mol. The molecule has 0 unspecified atom stereocenters. The maximum Gasteiger partial charge on any atom is 0.433 e. The number of carbonyl (C=O) groups excluding carboxylic acids is 1. The third-order valence-electron chi connectivity index (χ3n) is 6.37. The zero-order valence-electron chi connectivity index (χ0n) is 21.3. The highest BCUT2D eigenvalue weighted by atomic mass is 19.4. The van der Waals surface area contributed by atoms with Crippen molar-refractivity contribution in [1.29, 1.82) is 0 Å². The summed E-state index contributed by atoms with van der Waals surface area (Å²) in [6.07, 6.45) is -2.28. The van der Waals surface area contributed by atoms with E-state index in [4.69, 9.17) is 14.5 Å². The molecule has 0 saturated heterocycles. The number of fused-ring (bicyclic) bond motifs is 1. The van der Waals surface area contributed by atoms with Crippen molar-refractivity contribution in [3.63, 3.8) is 0 Å². The smallest absolute Gasteiger partial charge is 0.433 e. The number of nitrogens with zero attached hydrogens (tertiary/aromatic N) is 4. The van der Waals surface area contributed by atoms with Gasteiger partial charge in [0.1, 0.15) is 29.4 Å². The Balaban J connectivity index is 1.39. The first-order valence-corrected chi connectivity index (χ1v) is 12.0. The third kappa shape index (κ3) is 5.71. The highest BCUT2D eigenvalue weighted by Crippen LogP contribution is 2.34. The summed E-state index contributed by atoms with van der Waals surface area (Å²) in [5.41, 5.74) is 0.232. The zero-order chi connectivity index (χ0) is 26.4. The van der Waals surface area contributed by atoms with Crippen LogP contribution in [-0.2, 0) is 22.1 Å². The Bertz CT molecular complexity index is 1110. The number of anilines is 2. The van der Waals surface area contributed by atoms with Crippen LogP contribution < -0.4 is 15.0 Å². The maximum absolute atomic E-state index is 13.0. The molecule has 1 aliphatic carbocycles. The molecule has 0 bridgehead atoms. The SMILES string of the molecule is Cc1nc(NC2CC(Oc3ccc(C(F)(F)F)nc3)C2)nc2c1CC(=O)[C@H]([C@H](C)OC(C)(C)C)N2C. The Morgan fingerprint density at radius 3 is 2.44 bits per heavy atom. The molecule has 0 spiro atoms. The fourth-order valence-corrected chi connectivity index (χ4v) is 4.74. The van der Waals surface area contributed by atoms with Crippen LogP contribution in [0.5, 0.6) is 5.75 Å². The van der Waals surface area contributed by atoms with E-state index in [9.17, 15) is 18.0 Å². The Hall–Kier alpha value is -2.95. The van der Waals surface area contributed by atoms with Crippen molar-refractivity contribution in [2.75, 3.05) is 17.3 Å². The van der Waals surface area contributed by atoms with E-state index in [1.165, 1.54) is 6.07 Å². The normalized spacial score (nSPS) is 23.1. The molecule has 2 aromatic rings. The molecule has 4 rings (SSSR count). The molecule has 1 fully saturated rings. The lowest BCUT2D eigenvalue weighted by Crippen LogP contribution is -2.53. The number of hydrogen-bond donors (Lipinski definition) is 1. The minimum atomic E-state index is -4.48. The lowest BCUT2D eigenvalue weighted by molar-refractivity contribution is -0.141. The third-order valence-corrected chi connectivity index (χ3v) is 6.37. The molecule has 0 radical (unpaired) electrons. The number of rotatable bonds is 6. The summed E-state index contributed by atoms with van der Waals surface area (Å²) in [5, 5.41) is 3.32. The summed E-state index contributed by atoms with van der Waals surface area (Å²) >= 11 is 0. The zero-order valence-corrected chi connectivity index (χ0v) is 21.3. The minimum Gasteiger partial charge on any atom is -0.489 e. The van der Waals surface area contributed by atoms with E-state index >= 15 is 0 Å². The van der Waals surface area contributed by atoms with E-state index in [1.54, 1.807) is 0 Å². The Morgan fingerprint density at radius 2 is 1.86 bits per heavy atom. The number of hydrogen-bond acceptors (Lipinski definition) is 8. The van der Waals surface area contributed by atoms with Gasteiger partial charge in [-0.3, -0.25) is 4.79 Å². The second-order valence-corrected chi connectivity index (χ2v) is 10.5. The van der Waals surface area contributed by atoms with Crippen molar-refractivity contribution in [2.24, 2.45) is 0 Å². The number of pyridine rings is 1. The number of carbonyl (C=O) groups is 1. The van der Waals surface area contributed by atoms with E-state index in [-0.39, 0.29) is 36.1 Å². The molecule has 1 aliphatic heterocycles. The predicted molar refractivity (Wildman–Crippen MR) is 128 cm³/mol. The number of aromatic nitrogens is 3. The van der Waals surface area contributed by atoms with Crippen LogP contribution in [0.3, 0.4) is 0 Å². The summed E-state index contributed by atoms with van der Waals surface area (Å²) in [6.45, 7) is 9.66. The van der Waals surface area contributed by atoms with Crippen LogP contribution in [0.15, 0.2) is 18.3 Å². The van der Waals surface area contributed by atoms with Gasteiger partial charge in [0.2, 0.25) is 5.95 Å². The van der Waals surface area contributed by atoms with Crippen LogP contribution in [0.2, 0.25) is 0 Å². The average molecular weight is 508 g/mol. The first kappa shape index (κ1) is 26.1. The van der Waals surface area contributed by atoms with Gasteiger partial charge in [-0.05, 0) is 46.8 Å². The second-order valence-electron chi connectivity index (χ2n) is 10.5. The van der Waals surface area contributed by atoms with Gasteiger partial charge in [0.25, 0.3) is 0 Å². The van der Waals surface area contributed by atoms with Gasteiger partial charge in [-0.1, -0.05) is 0 Å². The van der Waals surface area contributed by atoms with Gasteiger partial charge in [-0.25, -0.2) is 9.97 Å². The number of likely N-dealkylation sites (N-methyl/N-ethyl adjacent to an activating group) is 1. The van der Waals surface area contributed by atoms with E-state index < -0.39 is 17.9 Å². The van der Waals surface area contributed by atoms with Gasteiger partial charge in [0.05, 0.1) is 17.9 Å². The first-order valence-electron chi connectivity index (χ1n) is 12.0. The molecule has 36 heavy (non-hydrogen) atoms. The molecule has 1 N–H and O–H groups in total. The van der Waals surface area contributed by atoms with Gasteiger partial charge < -0.3 is 19.7 Å². The summed E-state index contributed by atoms with van der Waals surface area (Å²) in [7, 11) is 1.85. The largest absolute Gasteiger partial charge is 0.489 e. The average Bonchev–Trinajstić information content (AvgIpc) is 2.71. The van der Waals surface area contributed by atoms with Crippen molar-refractivity contribution in [1.82, 2.24) is 15.0 Å². The summed E-state index contributed by atoms with van der Waals surface area (Å²) in [5.74, 6) is 1.55. The topological polar surface area (TPSA) is 89.5 Å². The Kier molecular flexibility index (Phi) is 6.89. The van der Waals surface area contributed by atoms with Crippen LogP contribution in [0.25, 0.3) is 0 Å². The standard InChI is InChI=1S/C25H32F3N5O3/c1-13-18-11-19(34)21(14(2)36-24(3,4)5)33(6)22(18)32-23(30-13)31-15-9-17(10-15)35-16-7-8-20(29-12-16)25(26,27)28/h7-8,12,14-15,17,21H,9-11H2,1-6H3,(H,30,31,32)/t14-,15?,17?,21-/m0/s1. The van der Waals surface area contributed by atoms with Crippen molar-refractivity contribution < 1.29 is 27.4 Å². The predicted octanol–water partition coefficient (Wildman–Crippen LogP) is 4.35. The summed E-state index contributed by atoms with van der Waals surface area (Å²) in [4.78, 5) is 27.5. The van der Waals surface area contributed by atoms with Crippen LogP contribution >= 0.6 is 0 Å². The molecule has 0 aromatic carbocycles. The van der Waals surface area contributed by atoms with Crippen LogP contribution in [-0.4, -0.2) is 57.7 Å². The minimum absolute atomic E-state index is 0.0596. The molecule has 8 nitrogen and oxygen atoms in total. The van der Waals surface area contributed by atoms with Gasteiger partial charge >= 0.3 is 6.18 Å². The Labute approximate surface area is 208 Å². The van der Waals surface area contributed by atoms with E-state index in [1.807, 2.05) is 46.6 Å². The van der Waals surface area contributed by atoms with Gasteiger partial charge in [0.15, 0.2) is 5.78 Å². The number of nitrogens with one attached hydrogen (secondary N) is 1. The maximum atomic E-state index is 13.0. The molecule has 11 heteroatoms. The van der Waals surface area contributed by atoms with Crippen LogP contribution in [0.1, 0.15) is 57.5 Å². The van der Waals surface area contributed by atoms with Crippen LogP contribution in [0.4, 0.5) is 24.9 Å². The second kappa shape index (κ2) is 9.49. The lowest BCUT2D eigenvalue weighted by Gasteiger charge is -2.40. The number of halogens is 3. The van der Waals surface area contributed by atoms with Gasteiger partial charge in [-0.2, -0.15) is 18.2 Å². The molecule has 2 aromatic heterocycles. The quantitative estimate of drug-likeness (QED) is 0.617. The highest BCUT2D eigenvalue weighted by molar-refractivity contribution is 5.93. The van der Waals surface area contributed by atoms with Gasteiger partial charge in [-0.15, -0.1) is 0 Å². The summed E-state index contributed by atoms with van der Waals surface area (Å²) in [6, 6.07) is 1.81. The number of aryl methyl sites for hydroxylation is 1. The van der Waals surface area contributed by atoms with Crippen LogP contribution in [0, 0.1) is 6.92 Å². The van der Waals surface area contributed by atoms with Crippen molar-refractivity contribution >= 4 is 17.5 Å². The van der Waals surface area contributed by atoms with E-state index in [0.29, 0.717) is 30.4 Å². The molecule has 2 atom stereocenters. The first-order chi connectivity index (χ1) is 16.7. The van der Waals surface area contributed by atoms with E-state index in [0.717, 1.165) is 23.5 Å². The fourth-order valence-electron chi connectivity index (χ4n) is 4.74. The highest BCUT2D eigenvalue weighted by Gasteiger charge is 2.39. The van der Waals surface area contributed by atoms with Crippen molar-refractivity contribution in [3.05, 3.63) is 35.3 Å². The number of ether oxygens (including phenoxy) is 2. The Morgan fingerprint density at radius 1 is 1.17 bits per heavy atom. The molecule has 3 heterocycles. The van der Waals surface area contributed by atoms with Crippen molar-refractivity contribution in [3.8, 4) is 5.75 Å². The molecule has 0 amide bonds. The molecular formula is C25H32F3N5O3. The van der Waals surface area contributed by atoms with E-state index in [2.05, 4.69) is 15.3 Å². The monoisotopic (exact) mass is 507 g/mol. The number of ketones is 1. The van der Waals surface area contributed by atoms with Crippen molar-refractivity contribution in [2.45, 2.75) is 90.0 Å². The molecule has 196 valence electrons. The molecule has 2 aliphatic rings. The fraction of sp³-hybridized carbons (Fsp3) is 0.600. The number of Topliss-reactive ketones (excluding diaryl/α,β-unsaturated/α-hetero) is 1. The number of alkyl halides is 3. The van der Waals surface area contributed by atoms with Gasteiger partial charge in [0, 0.05) is 43.6 Å². The summed E-state index contributed by atoms with van der Waals surface area (Å²) < 4.78 is 49.8. The lowest BCUT2D eigenvalue weighted by atomic mass is 9.89. The molecule has 1 saturated carbocycles.